The van der Waals surface area contributed by atoms with Gasteiger partial charge < -0.3 is 16.4 Å². The van der Waals surface area contributed by atoms with Crippen LogP contribution in [-0.2, 0) is 4.79 Å². The Hall–Kier alpha value is -2.30. The highest BCUT2D eigenvalue weighted by Gasteiger charge is 2.16. The van der Waals surface area contributed by atoms with E-state index < -0.39 is 0 Å². The molecule has 0 fully saturated rings. The fourth-order valence-electron chi connectivity index (χ4n) is 1.98. The topological polar surface area (TPSA) is 84.7 Å². The van der Waals surface area contributed by atoms with E-state index in [4.69, 9.17) is 11.5 Å². The minimum absolute atomic E-state index is 0.202. The maximum Gasteiger partial charge on any atom is 0.276 e. The molecular weight excluding hydrogens is 228 g/mol. The Morgan fingerprint density at radius 3 is 2.78 bits per heavy atom. The van der Waals surface area contributed by atoms with Crippen LogP contribution in [0, 0.1) is 0 Å². The molecule has 1 aromatic rings. The van der Waals surface area contributed by atoms with Gasteiger partial charge in [-0.25, -0.2) is 0 Å². The predicted octanol–water partition coefficient (Wildman–Crippen LogP) is 0.710. The lowest BCUT2D eigenvalue weighted by Gasteiger charge is -2.18. The summed E-state index contributed by atoms with van der Waals surface area (Å²) < 4.78 is 0. The number of carbonyl (C=O) groups is 1. The average Bonchev–Trinajstić information content (AvgIpc) is 2.49. The molecule has 0 saturated carbocycles. The molecule has 18 heavy (non-hydrogen) atoms. The quantitative estimate of drug-likeness (QED) is 0.563. The van der Waals surface area contributed by atoms with Crippen LogP contribution in [0.25, 0.3) is 6.08 Å². The maximum absolute atomic E-state index is 11.8. The van der Waals surface area contributed by atoms with Crippen LogP contribution in [0.3, 0.4) is 0 Å². The van der Waals surface area contributed by atoms with E-state index in [1.807, 2.05) is 37.4 Å². The summed E-state index contributed by atoms with van der Waals surface area (Å²) in [6.45, 7) is 0.759. The second-order valence-electron chi connectivity index (χ2n) is 4.24. The van der Waals surface area contributed by atoms with E-state index in [1.165, 1.54) is 0 Å². The van der Waals surface area contributed by atoms with Gasteiger partial charge in [-0.15, -0.1) is 0 Å². The Labute approximate surface area is 106 Å². The zero-order chi connectivity index (χ0) is 13.1. The maximum atomic E-state index is 11.8. The highest BCUT2D eigenvalue weighted by atomic mass is 16.1. The van der Waals surface area contributed by atoms with Crippen molar-refractivity contribution in [3.8, 4) is 0 Å². The Morgan fingerprint density at radius 1 is 1.33 bits per heavy atom. The number of para-hydroxylation sites is 1. The first-order chi connectivity index (χ1) is 8.58. The molecule has 94 valence electrons. The molecule has 0 spiro atoms. The highest BCUT2D eigenvalue weighted by Crippen LogP contribution is 2.26. The van der Waals surface area contributed by atoms with Crippen LogP contribution in [0.5, 0.6) is 0 Å². The molecular formula is C13H16N4O. The van der Waals surface area contributed by atoms with Gasteiger partial charge in [-0.3, -0.25) is 4.79 Å². The molecule has 1 aliphatic rings. The molecule has 0 bridgehead atoms. The summed E-state index contributed by atoms with van der Waals surface area (Å²) in [7, 11) is 2.00. The lowest BCUT2D eigenvalue weighted by molar-refractivity contribution is -0.114. The van der Waals surface area contributed by atoms with Crippen LogP contribution in [0.2, 0.25) is 0 Å². The SMILES string of the molecule is CN1CCC(C(=O)N=C(N)N)=Cc2ccccc21. The Balaban J connectivity index is 2.39. The zero-order valence-corrected chi connectivity index (χ0v) is 10.3. The van der Waals surface area contributed by atoms with Gasteiger partial charge in [0.25, 0.3) is 5.91 Å². The summed E-state index contributed by atoms with van der Waals surface area (Å²) in [6.07, 6.45) is 2.48. The standard InChI is InChI=1S/C13H16N4O/c1-17-7-6-10(12(18)16-13(14)15)8-9-4-2-3-5-11(9)17/h2-5,8H,6-7H2,1H3,(H4,14,15,16,18). The van der Waals surface area contributed by atoms with Crippen molar-refractivity contribution in [3.05, 3.63) is 35.4 Å². The summed E-state index contributed by atoms with van der Waals surface area (Å²) in [5.74, 6) is -0.563. The van der Waals surface area contributed by atoms with Gasteiger partial charge in [-0.2, -0.15) is 4.99 Å². The van der Waals surface area contributed by atoms with Crippen molar-refractivity contribution in [2.45, 2.75) is 6.42 Å². The smallest absolute Gasteiger partial charge is 0.276 e. The van der Waals surface area contributed by atoms with Crippen molar-refractivity contribution in [2.75, 3.05) is 18.5 Å². The van der Waals surface area contributed by atoms with Gasteiger partial charge in [-0.05, 0) is 24.1 Å². The number of nitrogens with two attached hydrogens (primary N) is 2. The van der Waals surface area contributed by atoms with Crippen molar-refractivity contribution < 1.29 is 4.79 Å². The monoisotopic (exact) mass is 244 g/mol. The van der Waals surface area contributed by atoms with E-state index in [9.17, 15) is 4.79 Å². The van der Waals surface area contributed by atoms with Crippen molar-refractivity contribution in [1.82, 2.24) is 0 Å². The molecule has 0 atom stereocenters. The Morgan fingerprint density at radius 2 is 2.06 bits per heavy atom. The normalized spacial score (nSPS) is 14.3. The molecule has 1 aromatic carbocycles. The average molecular weight is 244 g/mol. The fourth-order valence-corrected chi connectivity index (χ4v) is 1.98. The number of carbonyl (C=O) groups excluding carboxylic acids is 1. The van der Waals surface area contributed by atoms with Crippen molar-refractivity contribution in [3.63, 3.8) is 0 Å². The summed E-state index contributed by atoms with van der Waals surface area (Å²) in [5, 5.41) is 0. The second-order valence-corrected chi connectivity index (χ2v) is 4.24. The molecule has 1 heterocycles. The van der Waals surface area contributed by atoms with Crippen LogP contribution in [-0.4, -0.2) is 25.5 Å². The number of hydrogen-bond acceptors (Lipinski definition) is 2. The van der Waals surface area contributed by atoms with Crippen molar-refractivity contribution in [1.29, 1.82) is 0 Å². The predicted molar refractivity (Wildman–Crippen MR) is 73.1 cm³/mol. The zero-order valence-electron chi connectivity index (χ0n) is 10.3. The first kappa shape index (κ1) is 12.2. The molecule has 0 aromatic heterocycles. The van der Waals surface area contributed by atoms with Crippen LogP contribution < -0.4 is 16.4 Å². The first-order valence-electron chi connectivity index (χ1n) is 5.72. The molecule has 5 nitrogen and oxygen atoms in total. The number of hydrogen-bond donors (Lipinski definition) is 2. The summed E-state index contributed by atoms with van der Waals surface area (Å²) in [5.41, 5.74) is 13.2. The Bertz CT molecular complexity index is 530. The third-order valence-corrected chi connectivity index (χ3v) is 2.90. The third kappa shape index (κ3) is 2.51. The number of fused-ring (bicyclic) bond motifs is 1. The Kier molecular flexibility index (Phi) is 3.32. The number of benzene rings is 1. The molecule has 0 radical (unpaired) electrons. The van der Waals surface area contributed by atoms with Crippen molar-refractivity contribution in [2.24, 2.45) is 16.5 Å². The van der Waals surface area contributed by atoms with Gasteiger partial charge >= 0.3 is 0 Å². The van der Waals surface area contributed by atoms with Crippen molar-refractivity contribution >= 4 is 23.6 Å². The van der Waals surface area contributed by atoms with Crippen LogP contribution in [0.1, 0.15) is 12.0 Å². The molecule has 0 unspecified atom stereocenters. The minimum atomic E-state index is -0.361. The first-order valence-corrected chi connectivity index (χ1v) is 5.72. The van der Waals surface area contributed by atoms with E-state index in [0.29, 0.717) is 12.0 Å². The summed E-state index contributed by atoms with van der Waals surface area (Å²) in [6, 6.07) is 7.92. The van der Waals surface area contributed by atoms with E-state index in [-0.39, 0.29) is 11.9 Å². The third-order valence-electron chi connectivity index (χ3n) is 2.90. The molecule has 2 rings (SSSR count). The van der Waals surface area contributed by atoms with E-state index in [0.717, 1.165) is 17.8 Å². The molecule has 0 saturated heterocycles. The molecule has 1 amide bonds. The summed E-state index contributed by atoms with van der Waals surface area (Å²) in [4.78, 5) is 17.5. The molecule has 1 aliphatic heterocycles. The molecule has 5 heteroatoms. The largest absolute Gasteiger partial charge is 0.374 e. The van der Waals surface area contributed by atoms with E-state index in [2.05, 4.69) is 9.89 Å². The van der Waals surface area contributed by atoms with Gasteiger partial charge in [-0.1, -0.05) is 18.2 Å². The fraction of sp³-hybridized carbons (Fsp3) is 0.231. The van der Waals surface area contributed by atoms with Gasteiger partial charge in [0.2, 0.25) is 0 Å². The van der Waals surface area contributed by atoms with Crippen LogP contribution in [0.15, 0.2) is 34.8 Å². The molecule has 0 aliphatic carbocycles. The number of nitrogens with zero attached hydrogens (tertiary/aromatic N) is 2. The van der Waals surface area contributed by atoms with E-state index >= 15 is 0 Å². The number of rotatable bonds is 1. The molecule has 4 N–H and O–H groups in total. The summed E-state index contributed by atoms with van der Waals surface area (Å²) >= 11 is 0. The van der Waals surface area contributed by atoms with Gasteiger partial charge in [0.05, 0.1) is 0 Å². The highest BCUT2D eigenvalue weighted by molar-refractivity contribution is 6.04. The van der Waals surface area contributed by atoms with E-state index in [1.54, 1.807) is 0 Å². The van der Waals surface area contributed by atoms with Crippen LogP contribution >= 0.6 is 0 Å². The number of anilines is 1. The van der Waals surface area contributed by atoms with Crippen LogP contribution in [0.4, 0.5) is 5.69 Å². The lowest BCUT2D eigenvalue weighted by Crippen LogP contribution is -2.25. The van der Waals surface area contributed by atoms with Gasteiger partial charge in [0, 0.05) is 24.9 Å². The van der Waals surface area contributed by atoms with Gasteiger partial charge in [0.1, 0.15) is 0 Å². The number of aliphatic imine (C=N–C) groups is 1. The van der Waals surface area contributed by atoms with Gasteiger partial charge in [0.15, 0.2) is 5.96 Å². The number of guanidine groups is 1. The minimum Gasteiger partial charge on any atom is -0.374 e. The lowest BCUT2D eigenvalue weighted by atomic mass is 10.1. The second kappa shape index (κ2) is 4.91. The number of amides is 1.